The lowest BCUT2D eigenvalue weighted by molar-refractivity contribution is 0.368. The minimum absolute atomic E-state index is 0.178. The molecule has 1 aromatic rings. The summed E-state index contributed by atoms with van der Waals surface area (Å²) in [5.41, 5.74) is -0.156. The summed E-state index contributed by atoms with van der Waals surface area (Å²) in [4.78, 5) is 10.8. The van der Waals surface area contributed by atoms with Crippen molar-refractivity contribution in [2.75, 3.05) is 0 Å². The minimum atomic E-state index is -2.28. The standard InChI is InChI=1S/C19H29F5OSi/c1-12(2)26(25,13(3)4)11-9-7-5-6-8-10-14-15(20)17(22)19(24)18(23)16(14)21/h12-13,25H,5-11H2,1-4H3. The molecule has 0 radical (unpaired) electrons. The molecule has 0 fully saturated rings. The number of hydrogen-bond donors (Lipinski definition) is 1. The molecule has 26 heavy (non-hydrogen) atoms. The van der Waals surface area contributed by atoms with Gasteiger partial charge in [-0.15, -0.1) is 0 Å². The highest BCUT2D eigenvalue weighted by molar-refractivity contribution is 6.75. The van der Waals surface area contributed by atoms with Crippen molar-refractivity contribution < 1.29 is 26.7 Å². The molecule has 0 atom stereocenters. The summed E-state index contributed by atoms with van der Waals surface area (Å²) in [6, 6.07) is 0.819. The predicted molar refractivity (Wildman–Crippen MR) is 96.0 cm³/mol. The zero-order valence-corrected chi connectivity index (χ0v) is 16.9. The molecule has 0 aliphatic rings. The van der Waals surface area contributed by atoms with Crippen molar-refractivity contribution in [3.8, 4) is 0 Å². The van der Waals surface area contributed by atoms with Crippen LogP contribution in [0.2, 0.25) is 17.1 Å². The van der Waals surface area contributed by atoms with Gasteiger partial charge in [0.05, 0.1) is 0 Å². The van der Waals surface area contributed by atoms with Crippen LogP contribution in [0.3, 0.4) is 0 Å². The van der Waals surface area contributed by atoms with E-state index in [4.69, 9.17) is 0 Å². The number of halogens is 5. The monoisotopic (exact) mass is 396 g/mol. The van der Waals surface area contributed by atoms with E-state index < -0.39 is 43.0 Å². The second kappa shape index (κ2) is 9.83. The van der Waals surface area contributed by atoms with Crippen molar-refractivity contribution in [1.82, 2.24) is 0 Å². The van der Waals surface area contributed by atoms with Crippen LogP contribution in [0.4, 0.5) is 22.0 Å². The van der Waals surface area contributed by atoms with Crippen molar-refractivity contribution in [1.29, 1.82) is 0 Å². The molecule has 0 unspecified atom stereocenters. The fourth-order valence-corrected chi connectivity index (χ4v) is 6.66. The van der Waals surface area contributed by atoms with Crippen molar-refractivity contribution in [2.45, 2.75) is 83.3 Å². The van der Waals surface area contributed by atoms with E-state index in [1.54, 1.807) is 0 Å². The topological polar surface area (TPSA) is 20.2 Å². The zero-order valence-electron chi connectivity index (χ0n) is 15.9. The molecular formula is C19H29F5OSi. The van der Waals surface area contributed by atoms with Gasteiger partial charge in [-0.25, -0.2) is 22.0 Å². The average molecular weight is 397 g/mol. The van der Waals surface area contributed by atoms with Crippen LogP contribution >= 0.6 is 0 Å². The molecule has 1 rings (SSSR count). The Balaban J connectivity index is 2.43. The Bertz CT molecular complexity index is 567. The van der Waals surface area contributed by atoms with Gasteiger partial charge in [-0.1, -0.05) is 53.4 Å². The van der Waals surface area contributed by atoms with Crippen LogP contribution in [0.5, 0.6) is 0 Å². The third kappa shape index (κ3) is 5.28. The Morgan fingerprint density at radius 2 is 1.04 bits per heavy atom. The molecule has 150 valence electrons. The summed E-state index contributed by atoms with van der Waals surface area (Å²) in [6.45, 7) is 8.21. The van der Waals surface area contributed by atoms with Gasteiger partial charge in [0.25, 0.3) is 0 Å². The molecule has 0 aliphatic heterocycles. The zero-order chi connectivity index (χ0) is 20.1. The lowest BCUT2D eigenvalue weighted by atomic mass is 10.0. The maximum Gasteiger partial charge on any atom is 0.200 e. The number of hydrogen-bond acceptors (Lipinski definition) is 1. The molecule has 0 saturated heterocycles. The van der Waals surface area contributed by atoms with Crippen molar-refractivity contribution in [3.63, 3.8) is 0 Å². The predicted octanol–water partition coefficient (Wildman–Crippen LogP) is 6.63. The summed E-state index contributed by atoms with van der Waals surface area (Å²) in [5, 5.41) is 0. The molecule has 0 amide bonds. The fourth-order valence-electron chi connectivity index (χ4n) is 3.35. The van der Waals surface area contributed by atoms with Crippen LogP contribution < -0.4 is 0 Å². The van der Waals surface area contributed by atoms with E-state index in [1.165, 1.54) is 0 Å². The second-order valence-electron chi connectivity index (χ2n) is 7.62. The lowest BCUT2D eigenvalue weighted by Gasteiger charge is -2.33. The maximum atomic E-state index is 13.6. The van der Waals surface area contributed by atoms with Gasteiger partial charge in [0, 0.05) is 5.56 Å². The van der Waals surface area contributed by atoms with E-state index in [-0.39, 0.29) is 17.5 Å². The molecule has 1 N–H and O–H groups in total. The van der Waals surface area contributed by atoms with E-state index in [1.807, 2.05) is 0 Å². The average Bonchev–Trinajstić information content (AvgIpc) is 2.59. The van der Waals surface area contributed by atoms with Crippen LogP contribution in [0.15, 0.2) is 0 Å². The normalized spacial score (nSPS) is 12.5. The summed E-state index contributed by atoms with van der Waals surface area (Å²) in [5.74, 6) is -9.34. The fraction of sp³-hybridized carbons (Fsp3) is 0.684. The molecule has 0 bridgehead atoms. The number of rotatable bonds is 10. The van der Waals surface area contributed by atoms with Crippen LogP contribution in [0.25, 0.3) is 0 Å². The van der Waals surface area contributed by atoms with Gasteiger partial charge in [-0.3, -0.25) is 0 Å². The maximum absolute atomic E-state index is 13.6. The minimum Gasteiger partial charge on any atom is -0.431 e. The van der Waals surface area contributed by atoms with Gasteiger partial charge in [-0.2, -0.15) is 0 Å². The van der Waals surface area contributed by atoms with E-state index >= 15 is 0 Å². The Kier molecular flexibility index (Phi) is 8.73. The molecule has 0 aliphatic carbocycles. The van der Waals surface area contributed by atoms with Gasteiger partial charge in [0.2, 0.25) is 5.82 Å². The first kappa shape index (κ1) is 23.1. The summed E-state index contributed by atoms with van der Waals surface area (Å²) >= 11 is 0. The van der Waals surface area contributed by atoms with E-state index in [2.05, 4.69) is 27.7 Å². The number of unbranched alkanes of at least 4 members (excludes halogenated alkanes) is 4. The first-order valence-corrected chi connectivity index (χ1v) is 11.6. The lowest BCUT2D eigenvalue weighted by Crippen LogP contribution is -2.41. The highest BCUT2D eigenvalue weighted by atomic mass is 28.4. The molecular weight excluding hydrogens is 367 g/mol. The third-order valence-electron chi connectivity index (χ3n) is 5.30. The van der Waals surface area contributed by atoms with Gasteiger partial charge in [-0.05, 0) is 30.0 Å². The van der Waals surface area contributed by atoms with Crippen LogP contribution in [0, 0.1) is 29.1 Å². The second-order valence-corrected chi connectivity index (χ2v) is 12.4. The largest absolute Gasteiger partial charge is 0.431 e. The summed E-state index contributed by atoms with van der Waals surface area (Å²) < 4.78 is 66.4. The van der Waals surface area contributed by atoms with Gasteiger partial charge in [0.1, 0.15) is 0 Å². The van der Waals surface area contributed by atoms with Crippen LogP contribution in [-0.2, 0) is 6.42 Å². The highest BCUT2D eigenvalue weighted by Crippen LogP contribution is 2.34. The molecule has 1 aromatic carbocycles. The molecule has 7 heteroatoms. The van der Waals surface area contributed by atoms with E-state index in [9.17, 15) is 26.7 Å². The summed E-state index contributed by atoms with van der Waals surface area (Å²) in [6.07, 6.45) is 3.39. The van der Waals surface area contributed by atoms with E-state index in [0.717, 1.165) is 25.3 Å². The highest BCUT2D eigenvalue weighted by Gasteiger charge is 2.37. The molecule has 0 heterocycles. The first-order chi connectivity index (χ1) is 12.0. The third-order valence-corrected chi connectivity index (χ3v) is 10.5. The van der Waals surface area contributed by atoms with Crippen LogP contribution in [0.1, 0.15) is 65.4 Å². The Morgan fingerprint density at radius 1 is 0.654 bits per heavy atom. The van der Waals surface area contributed by atoms with Gasteiger partial charge >= 0.3 is 0 Å². The smallest absolute Gasteiger partial charge is 0.200 e. The SMILES string of the molecule is CC(C)[Si](O)(CCCCCCCc1c(F)c(F)c(F)c(F)c1F)C(C)C. The molecule has 0 spiro atoms. The first-order valence-electron chi connectivity index (χ1n) is 9.26. The van der Waals surface area contributed by atoms with Crippen molar-refractivity contribution >= 4 is 8.32 Å². The Morgan fingerprint density at radius 3 is 1.50 bits per heavy atom. The van der Waals surface area contributed by atoms with Crippen LogP contribution in [-0.4, -0.2) is 13.1 Å². The van der Waals surface area contributed by atoms with Gasteiger partial charge < -0.3 is 4.80 Å². The van der Waals surface area contributed by atoms with Crippen molar-refractivity contribution in [3.05, 3.63) is 34.6 Å². The van der Waals surface area contributed by atoms with Gasteiger partial charge in [0.15, 0.2) is 31.6 Å². The Labute approximate surface area is 153 Å². The van der Waals surface area contributed by atoms with E-state index in [0.29, 0.717) is 12.8 Å². The Hall–Kier alpha value is -0.953. The van der Waals surface area contributed by atoms with Crippen molar-refractivity contribution in [2.24, 2.45) is 0 Å². The molecule has 0 aromatic heterocycles. The molecule has 1 nitrogen and oxygen atoms in total. The number of benzene rings is 1. The quantitative estimate of drug-likeness (QED) is 0.155. The molecule has 0 saturated carbocycles. The summed E-state index contributed by atoms with van der Waals surface area (Å²) in [7, 11) is -2.28.